The fourth-order valence-corrected chi connectivity index (χ4v) is 1.82. The molecule has 0 saturated carbocycles. The van der Waals surface area contributed by atoms with E-state index in [1.54, 1.807) is 37.5 Å². The molecule has 1 aromatic heterocycles. The molecule has 0 saturated heterocycles. The maximum absolute atomic E-state index is 12.1. The van der Waals surface area contributed by atoms with Gasteiger partial charge in [-0.2, -0.15) is 5.10 Å². The zero-order valence-corrected chi connectivity index (χ0v) is 11.5. The number of hydrogen-bond donors (Lipinski definition) is 2. The van der Waals surface area contributed by atoms with Crippen LogP contribution in [0.3, 0.4) is 0 Å². The third-order valence-corrected chi connectivity index (χ3v) is 2.82. The molecule has 0 aliphatic rings. The first-order chi connectivity index (χ1) is 9.61. The van der Waals surface area contributed by atoms with Crippen LogP contribution in [0.25, 0.3) is 0 Å². The van der Waals surface area contributed by atoms with Crippen molar-refractivity contribution in [2.24, 2.45) is 7.05 Å². The number of aliphatic hydroxyl groups excluding tert-OH is 1. The molecular formula is C14H12ClN3O2. The Morgan fingerprint density at radius 3 is 2.95 bits per heavy atom. The van der Waals surface area contributed by atoms with Crippen LogP contribution in [0, 0.1) is 11.8 Å². The first-order valence-corrected chi connectivity index (χ1v) is 6.18. The van der Waals surface area contributed by atoms with Crippen LogP contribution in [0.5, 0.6) is 0 Å². The lowest BCUT2D eigenvalue weighted by Crippen LogP contribution is -2.16. The predicted octanol–water partition coefficient (Wildman–Crippen LogP) is 1.67. The third-order valence-electron chi connectivity index (χ3n) is 2.59. The molecule has 0 radical (unpaired) electrons. The van der Waals surface area contributed by atoms with Crippen molar-refractivity contribution in [2.75, 3.05) is 11.9 Å². The monoisotopic (exact) mass is 289 g/mol. The quantitative estimate of drug-likeness (QED) is 0.827. The van der Waals surface area contributed by atoms with Gasteiger partial charge in [-0.15, -0.1) is 0 Å². The van der Waals surface area contributed by atoms with Gasteiger partial charge in [0.25, 0.3) is 5.91 Å². The van der Waals surface area contributed by atoms with Crippen LogP contribution in [0.15, 0.2) is 30.5 Å². The standard InChI is InChI=1S/C14H12ClN3O2/c1-18-13(6-7-16-18)14(20)17-12-9-11(15)5-4-10(12)3-2-8-19/h4-7,9,19H,8H2,1H3,(H,17,20). The highest BCUT2D eigenvalue weighted by molar-refractivity contribution is 6.31. The van der Waals surface area contributed by atoms with Gasteiger partial charge in [0.05, 0.1) is 5.69 Å². The highest BCUT2D eigenvalue weighted by atomic mass is 35.5. The smallest absolute Gasteiger partial charge is 0.273 e. The number of anilines is 1. The van der Waals surface area contributed by atoms with Crippen molar-refractivity contribution in [1.82, 2.24) is 9.78 Å². The second kappa shape index (κ2) is 6.24. The van der Waals surface area contributed by atoms with Crippen molar-refractivity contribution >= 4 is 23.2 Å². The van der Waals surface area contributed by atoms with Gasteiger partial charge in [0, 0.05) is 23.8 Å². The van der Waals surface area contributed by atoms with Crippen LogP contribution in [-0.4, -0.2) is 27.4 Å². The molecule has 0 atom stereocenters. The molecule has 5 nitrogen and oxygen atoms in total. The summed E-state index contributed by atoms with van der Waals surface area (Å²) in [5.41, 5.74) is 1.50. The first-order valence-electron chi connectivity index (χ1n) is 5.80. The number of aromatic nitrogens is 2. The first kappa shape index (κ1) is 14.1. The van der Waals surface area contributed by atoms with Crippen molar-refractivity contribution < 1.29 is 9.90 Å². The molecule has 0 aliphatic carbocycles. The van der Waals surface area contributed by atoms with Crippen molar-refractivity contribution in [2.45, 2.75) is 0 Å². The van der Waals surface area contributed by atoms with E-state index in [9.17, 15) is 4.79 Å². The van der Waals surface area contributed by atoms with Crippen LogP contribution < -0.4 is 5.32 Å². The Balaban J connectivity index is 2.31. The zero-order valence-electron chi connectivity index (χ0n) is 10.7. The Morgan fingerprint density at radius 1 is 1.50 bits per heavy atom. The Labute approximate surface area is 121 Å². The molecule has 6 heteroatoms. The summed E-state index contributed by atoms with van der Waals surface area (Å²) in [7, 11) is 1.68. The van der Waals surface area contributed by atoms with E-state index in [0.29, 0.717) is 22.0 Å². The van der Waals surface area contributed by atoms with Crippen molar-refractivity contribution in [3.8, 4) is 11.8 Å². The average molecular weight is 290 g/mol. The molecule has 1 amide bonds. The van der Waals surface area contributed by atoms with Gasteiger partial charge >= 0.3 is 0 Å². The Kier molecular flexibility index (Phi) is 4.41. The number of halogens is 1. The summed E-state index contributed by atoms with van der Waals surface area (Å²) < 4.78 is 1.47. The number of nitrogens with zero attached hydrogens (tertiary/aromatic N) is 2. The topological polar surface area (TPSA) is 67.2 Å². The molecule has 0 fully saturated rings. The molecule has 2 aromatic rings. The number of hydrogen-bond acceptors (Lipinski definition) is 3. The molecule has 0 spiro atoms. The van der Waals surface area contributed by atoms with Gasteiger partial charge in [-0.25, -0.2) is 0 Å². The van der Waals surface area contributed by atoms with E-state index in [0.717, 1.165) is 0 Å². The molecule has 0 aliphatic heterocycles. The molecule has 2 N–H and O–H groups in total. The molecule has 20 heavy (non-hydrogen) atoms. The Morgan fingerprint density at radius 2 is 2.30 bits per heavy atom. The minimum Gasteiger partial charge on any atom is -0.384 e. The summed E-state index contributed by atoms with van der Waals surface area (Å²) in [5.74, 6) is 4.99. The maximum atomic E-state index is 12.1. The second-order valence-electron chi connectivity index (χ2n) is 3.94. The molecule has 0 unspecified atom stereocenters. The summed E-state index contributed by atoms with van der Waals surface area (Å²) in [6.07, 6.45) is 1.54. The highest BCUT2D eigenvalue weighted by Crippen LogP contribution is 2.21. The summed E-state index contributed by atoms with van der Waals surface area (Å²) in [4.78, 5) is 12.1. The van der Waals surface area contributed by atoms with Gasteiger partial charge in [0.2, 0.25) is 0 Å². The minimum absolute atomic E-state index is 0.252. The van der Waals surface area contributed by atoms with Gasteiger partial charge in [-0.05, 0) is 24.3 Å². The SMILES string of the molecule is Cn1nccc1C(=O)Nc1cc(Cl)ccc1C#CCO. The zero-order chi connectivity index (χ0) is 14.5. The maximum Gasteiger partial charge on any atom is 0.273 e. The van der Waals surface area contributed by atoms with Crippen LogP contribution in [-0.2, 0) is 7.05 Å². The van der Waals surface area contributed by atoms with Crippen LogP contribution >= 0.6 is 11.6 Å². The summed E-state index contributed by atoms with van der Waals surface area (Å²) in [5, 5.41) is 15.9. The summed E-state index contributed by atoms with van der Waals surface area (Å²) >= 11 is 5.92. The van der Waals surface area contributed by atoms with Crippen LogP contribution in [0.2, 0.25) is 5.02 Å². The van der Waals surface area contributed by atoms with Gasteiger partial charge < -0.3 is 10.4 Å². The Hall–Kier alpha value is -2.29. The predicted molar refractivity (Wildman–Crippen MR) is 76.6 cm³/mol. The number of carbonyl (C=O) groups is 1. The Bertz CT molecular complexity index is 698. The van der Waals surface area contributed by atoms with Crippen molar-refractivity contribution in [1.29, 1.82) is 0 Å². The van der Waals surface area contributed by atoms with E-state index in [2.05, 4.69) is 22.3 Å². The highest BCUT2D eigenvalue weighted by Gasteiger charge is 2.12. The van der Waals surface area contributed by atoms with Gasteiger partial charge in [0.1, 0.15) is 12.3 Å². The number of nitrogens with one attached hydrogen (secondary N) is 1. The summed E-state index contributed by atoms with van der Waals surface area (Å²) in [6.45, 7) is -0.252. The number of amides is 1. The largest absolute Gasteiger partial charge is 0.384 e. The molecule has 1 heterocycles. The van der Waals surface area contributed by atoms with Gasteiger partial charge in [-0.3, -0.25) is 9.48 Å². The number of rotatable bonds is 2. The lowest BCUT2D eigenvalue weighted by molar-refractivity contribution is 0.101. The molecule has 0 bridgehead atoms. The van der Waals surface area contributed by atoms with E-state index in [4.69, 9.17) is 16.7 Å². The lowest BCUT2D eigenvalue weighted by atomic mass is 10.1. The number of aryl methyl sites for hydroxylation is 1. The van der Waals surface area contributed by atoms with E-state index in [1.165, 1.54) is 4.68 Å². The molecule has 102 valence electrons. The van der Waals surface area contributed by atoms with E-state index in [-0.39, 0.29) is 12.5 Å². The second-order valence-corrected chi connectivity index (χ2v) is 4.38. The average Bonchev–Trinajstić information content (AvgIpc) is 2.84. The minimum atomic E-state index is -0.306. The van der Waals surface area contributed by atoms with Crippen LogP contribution in [0.4, 0.5) is 5.69 Å². The fourth-order valence-electron chi connectivity index (χ4n) is 1.65. The summed E-state index contributed by atoms with van der Waals surface area (Å²) in [6, 6.07) is 6.57. The van der Waals surface area contributed by atoms with Crippen LogP contribution in [0.1, 0.15) is 16.1 Å². The number of carbonyl (C=O) groups excluding carboxylic acids is 1. The molecule has 2 rings (SSSR count). The lowest BCUT2D eigenvalue weighted by Gasteiger charge is -2.08. The number of benzene rings is 1. The molecule has 1 aromatic carbocycles. The number of aliphatic hydroxyl groups is 1. The van der Waals surface area contributed by atoms with E-state index < -0.39 is 0 Å². The van der Waals surface area contributed by atoms with E-state index >= 15 is 0 Å². The molecular weight excluding hydrogens is 278 g/mol. The van der Waals surface area contributed by atoms with Crippen molar-refractivity contribution in [3.63, 3.8) is 0 Å². The third kappa shape index (κ3) is 3.18. The fraction of sp³-hybridized carbons (Fsp3) is 0.143. The van der Waals surface area contributed by atoms with Gasteiger partial charge in [0.15, 0.2) is 0 Å². The van der Waals surface area contributed by atoms with Gasteiger partial charge in [-0.1, -0.05) is 23.4 Å². The van der Waals surface area contributed by atoms with E-state index in [1.807, 2.05) is 0 Å². The normalized spacial score (nSPS) is 9.75. The van der Waals surface area contributed by atoms with Crippen molar-refractivity contribution in [3.05, 3.63) is 46.7 Å².